The Morgan fingerprint density at radius 1 is 0.690 bits per heavy atom. The second kappa shape index (κ2) is 8.49. The van der Waals surface area contributed by atoms with Crippen molar-refractivity contribution < 1.29 is 10.2 Å². The molecule has 2 aromatic carbocycles. The van der Waals surface area contributed by atoms with Crippen molar-refractivity contribution >= 4 is 0 Å². The smallest absolute Gasteiger partial charge is 0.122 e. The van der Waals surface area contributed by atoms with Gasteiger partial charge in [0, 0.05) is 6.42 Å². The molecule has 0 radical (unpaired) electrons. The minimum atomic E-state index is -0.181. The Balaban J connectivity index is 2.66. The van der Waals surface area contributed by atoms with Crippen LogP contribution in [0.15, 0.2) is 49.6 Å². The van der Waals surface area contributed by atoms with Crippen molar-refractivity contribution in [1.29, 1.82) is 0 Å². The molecule has 0 saturated carbocycles. The van der Waals surface area contributed by atoms with E-state index in [0.717, 1.165) is 46.2 Å². The molecule has 0 saturated heterocycles. The van der Waals surface area contributed by atoms with Crippen molar-refractivity contribution in [1.82, 2.24) is 0 Å². The molecule has 2 aromatic rings. The topological polar surface area (TPSA) is 40.5 Å². The number of rotatable bonds is 6. The van der Waals surface area contributed by atoms with Crippen LogP contribution >= 0.6 is 0 Å². The van der Waals surface area contributed by atoms with Crippen LogP contribution in [0.2, 0.25) is 0 Å². The second-order valence-corrected chi connectivity index (χ2v) is 9.96. The molecule has 0 aromatic heterocycles. The van der Waals surface area contributed by atoms with Gasteiger partial charge < -0.3 is 10.2 Å². The molecule has 0 aliphatic rings. The van der Waals surface area contributed by atoms with Gasteiger partial charge in [-0.05, 0) is 57.1 Å². The highest BCUT2D eigenvalue weighted by atomic mass is 16.3. The Kier molecular flexibility index (Phi) is 6.67. The van der Waals surface area contributed by atoms with Crippen molar-refractivity contribution in [2.24, 2.45) is 0 Å². The van der Waals surface area contributed by atoms with E-state index < -0.39 is 0 Å². The van der Waals surface area contributed by atoms with E-state index in [4.69, 9.17) is 0 Å². The molecule has 0 unspecified atom stereocenters. The van der Waals surface area contributed by atoms with Gasteiger partial charge in [-0.1, -0.05) is 78.0 Å². The van der Waals surface area contributed by atoms with Crippen LogP contribution in [0.1, 0.15) is 74.9 Å². The Hall–Kier alpha value is -2.48. The van der Waals surface area contributed by atoms with Crippen LogP contribution in [0, 0.1) is 0 Å². The number of hydrogen-bond donors (Lipinski definition) is 2. The molecule has 2 heteroatoms. The Morgan fingerprint density at radius 3 is 1.31 bits per heavy atom. The molecule has 0 fully saturated rings. The molecule has 2 N–H and O–H groups in total. The normalized spacial score (nSPS) is 12.1. The molecule has 0 aliphatic carbocycles. The first-order valence-electron chi connectivity index (χ1n) is 10.3. The maximum atomic E-state index is 11.0. The van der Waals surface area contributed by atoms with Gasteiger partial charge in [-0.3, -0.25) is 0 Å². The van der Waals surface area contributed by atoms with Crippen molar-refractivity contribution in [3.8, 4) is 11.5 Å². The molecule has 0 atom stereocenters. The van der Waals surface area contributed by atoms with Crippen LogP contribution < -0.4 is 0 Å². The van der Waals surface area contributed by atoms with Crippen LogP contribution in [-0.4, -0.2) is 10.2 Å². The quantitative estimate of drug-likeness (QED) is 0.534. The molecular weight excluding hydrogens is 356 g/mol. The molecule has 29 heavy (non-hydrogen) atoms. The Morgan fingerprint density at radius 2 is 1.03 bits per heavy atom. The van der Waals surface area contributed by atoms with Crippen molar-refractivity contribution in [3.63, 3.8) is 0 Å². The largest absolute Gasteiger partial charge is 0.507 e. The molecule has 0 spiro atoms. The fourth-order valence-electron chi connectivity index (χ4n) is 3.71. The zero-order chi connectivity index (χ0) is 22.0. The van der Waals surface area contributed by atoms with E-state index in [1.807, 2.05) is 24.3 Å². The molecule has 0 heterocycles. The number of benzene rings is 2. The number of allylic oxidation sites excluding steroid dienone is 2. The van der Waals surface area contributed by atoms with Gasteiger partial charge in [-0.15, -0.1) is 13.2 Å². The number of phenols is 2. The van der Waals surface area contributed by atoms with Gasteiger partial charge in [0.2, 0.25) is 0 Å². The van der Waals surface area contributed by atoms with E-state index in [2.05, 4.69) is 66.8 Å². The fraction of sp³-hybridized carbons (Fsp3) is 0.407. The third-order valence-electron chi connectivity index (χ3n) is 5.25. The summed E-state index contributed by atoms with van der Waals surface area (Å²) in [4.78, 5) is 0. The van der Waals surface area contributed by atoms with E-state index in [0.29, 0.717) is 17.9 Å². The van der Waals surface area contributed by atoms with Gasteiger partial charge in [-0.25, -0.2) is 0 Å². The minimum Gasteiger partial charge on any atom is -0.507 e. The fourth-order valence-corrected chi connectivity index (χ4v) is 3.71. The highest BCUT2D eigenvalue weighted by Crippen LogP contribution is 2.39. The van der Waals surface area contributed by atoms with E-state index in [-0.39, 0.29) is 10.8 Å². The number of phenolic OH excluding ortho intramolecular Hbond substituents is 2. The summed E-state index contributed by atoms with van der Waals surface area (Å²) >= 11 is 0. The maximum absolute atomic E-state index is 11.0. The van der Waals surface area contributed by atoms with Crippen molar-refractivity contribution in [3.05, 3.63) is 83.0 Å². The van der Waals surface area contributed by atoms with Crippen LogP contribution in [0.5, 0.6) is 11.5 Å². The molecular formula is C27H36O2. The van der Waals surface area contributed by atoms with Gasteiger partial charge in [0.25, 0.3) is 0 Å². The van der Waals surface area contributed by atoms with Gasteiger partial charge >= 0.3 is 0 Å². The SMILES string of the molecule is C=CCc1cc(Cc2cc(CC=C)cc(C(C)(C)C)c2O)c(O)c(C(C)(C)C)c1. The lowest BCUT2D eigenvalue weighted by Crippen LogP contribution is -2.14. The molecule has 2 nitrogen and oxygen atoms in total. The summed E-state index contributed by atoms with van der Waals surface area (Å²) < 4.78 is 0. The molecule has 0 bridgehead atoms. The highest BCUT2D eigenvalue weighted by molar-refractivity contribution is 5.53. The van der Waals surface area contributed by atoms with Crippen LogP contribution in [0.4, 0.5) is 0 Å². The first-order chi connectivity index (χ1) is 13.4. The van der Waals surface area contributed by atoms with Crippen LogP contribution in [0.3, 0.4) is 0 Å². The lowest BCUT2D eigenvalue weighted by atomic mass is 9.81. The minimum absolute atomic E-state index is 0.181. The zero-order valence-electron chi connectivity index (χ0n) is 18.9. The summed E-state index contributed by atoms with van der Waals surface area (Å²) in [5.74, 6) is 0.632. The monoisotopic (exact) mass is 392 g/mol. The van der Waals surface area contributed by atoms with Gasteiger partial charge in [0.15, 0.2) is 0 Å². The average molecular weight is 393 g/mol. The molecule has 0 aliphatic heterocycles. The summed E-state index contributed by atoms with van der Waals surface area (Å²) in [5, 5.41) is 22.1. The third-order valence-corrected chi connectivity index (χ3v) is 5.25. The number of hydrogen-bond acceptors (Lipinski definition) is 2. The molecule has 156 valence electrons. The highest BCUT2D eigenvalue weighted by Gasteiger charge is 2.24. The summed E-state index contributed by atoms with van der Waals surface area (Å²) in [6, 6.07) is 8.19. The van der Waals surface area contributed by atoms with E-state index >= 15 is 0 Å². The lowest BCUT2D eigenvalue weighted by molar-refractivity contribution is 0.435. The summed E-state index contributed by atoms with van der Waals surface area (Å²) in [5.41, 5.74) is 5.39. The van der Waals surface area contributed by atoms with Crippen molar-refractivity contribution in [2.45, 2.75) is 71.6 Å². The lowest BCUT2D eigenvalue weighted by Gasteiger charge is -2.25. The first kappa shape index (κ1) is 22.8. The van der Waals surface area contributed by atoms with E-state index in [1.165, 1.54) is 0 Å². The Bertz CT molecular complexity index is 830. The van der Waals surface area contributed by atoms with Crippen LogP contribution in [0.25, 0.3) is 0 Å². The van der Waals surface area contributed by atoms with Gasteiger partial charge in [0.1, 0.15) is 11.5 Å². The average Bonchev–Trinajstić information content (AvgIpc) is 2.58. The predicted octanol–water partition coefficient (Wildman–Crippen LogP) is 6.74. The zero-order valence-corrected chi connectivity index (χ0v) is 18.9. The predicted molar refractivity (Wildman–Crippen MR) is 124 cm³/mol. The standard InChI is InChI=1S/C27H36O2/c1-9-11-18-13-20(24(28)22(15-18)26(3,4)5)17-21-14-19(12-10-2)16-23(25(21)29)27(6,7)8/h9-10,13-16,28-29H,1-2,11-12,17H2,3-8H3. The summed E-state index contributed by atoms with van der Waals surface area (Å²) in [6.45, 7) is 20.3. The van der Waals surface area contributed by atoms with E-state index in [9.17, 15) is 10.2 Å². The molecule has 2 rings (SSSR count). The van der Waals surface area contributed by atoms with E-state index in [1.54, 1.807) is 0 Å². The van der Waals surface area contributed by atoms with Crippen molar-refractivity contribution in [2.75, 3.05) is 0 Å². The number of aromatic hydroxyl groups is 2. The Labute approximate surface area is 176 Å². The summed E-state index contributed by atoms with van der Waals surface area (Å²) in [7, 11) is 0. The second-order valence-electron chi connectivity index (χ2n) is 9.96. The van der Waals surface area contributed by atoms with Gasteiger partial charge in [0.05, 0.1) is 0 Å². The summed E-state index contributed by atoms with van der Waals surface area (Å²) in [6.07, 6.45) is 5.71. The van der Waals surface area contributed by atoms with Gasteiger partial charge in [-0.2, -0.15) is 0 Å². The third kappa shape index (κ3) is 5.32. The first-order valence-corrected chi connectivity index (χ1v) is 10.3. The maximum Gasteiger partial charge on any atom is 0.122 e. The molecule has 0 amide bonds. The van der Waals surface area contributed by atoms with Crippen LogP contribution in [-0.2, 0) is 30.1 Å².